The van der Waals surface area contributed by atoms with Crippen LogP contribution in [0.4, 0.5) is 17.5 Å². The molecule has 148 valence electrons. The number of amides is 1. The highest BCUT2D eigenvalue weighted by Crippen LogP contribution is 2.18. The van der Waals surface area contributed by atoms with Crippen LogP contribution in [-0.2, 0) is 0 Å². The Balaban J connectivity index is 1.39. The van der Waals surface area contributed by atoms with Gasteiger partial charge in [-0.05, 0) is 42.5 Å². The molecule has 1 N–H and O–H groups in total. The molecular weight excluding hydrogens is 368 g/mol. The Labute approximate surface area is 169 Å². The van der Waals surface area contributed by atoms with Crippen LogP contribution in [0.15, 0.2) is 60.9 Å². The summed E-state index contributed by atoms with van der Waals surface area (Å²) in [5.74, 6) is 2.00. The van der Waals surface area contributed by atoms with Gasteiger partial charge in [0.25, 0.3) is 5.91 Å². The van der Waals surface area contributed by atoms with E-state index < -0.39 is 0 Å². The molecule has 4 rings (SSSR count). The van der Waals surface area contributed by atoms with E-state index in [0.717, 1.165) is 30.3 Å². The van der Waals surface area contributed by atoms with Crippen molar-refractivity contribution in [2.75, 3.05) is 43.5 Å². The van der Waals surface area contributed by atoms with Gasteiger partial charge in [-0.2, -0.15) is 0 Å². The molecule has 1 aromatic carbocycles. The van der Waals surface area contributed by atoms with Gasteiger partial charge in [-0.3, -0.25) is 4.79 Å². The third-order valence-electron chi connectivity index (χ3n) is 4.76. The van der Waals surface area contributed by atoms with Crippen LogP contribution in [0, 0.1) is 0 Å². The van der Waals surface area contributed by atoms with Crippen LogP contribution in [-0.4, -0.2) is 59.0 Å². The van der Waals surface area contributed by atoms with Crippen LogP contribution in [0.1, 0.15) is 10.5 Å². The van der Waals surface area contributed by atoms with Gasteiger partial charge in [0.15, 0.2) is 0 Å². The number of benzene rings is 1. The second-order valence-electron chi connectivity index (χ2n) is 6.59. The summed E-state index contributed by atoms with van der Waals surface area (Å²) in [5, 5.41) is 3.12. The summed E-state index contributed by atoms with van der Waals surface area (Å²) in [6, 6.07) is 14.9. The van der Waals surface area contributed by atoms with Crippen molar-refractivity contribution in [1.29, 1.82) is 0 Å². The average Bonchev–Trinajstić information content (AvgIpc) is 2.80. The van der Waals surface area contributed by atoms with E-state index in [0.29, 0.717) is 24.7 Å². The van der Waals surface area contributed by atoms with Crippen molar-refractivity contribution in [3.63, 3.8) is 0 Å². The maximum atomic E-state index is 12.9. The number of piperazine rings is 1. The molecular formula is C21H22N6O2. The second-order valence-corrected chi connectivity index (χ2v) is 6.59. The number of ether oxygens (including phenoxy) is 1. The van der Waals surface area contributed by atoms with Crippen molar-refractivity contribution in [2.24, 2.45) is 0 Å². The minimum atomic E-state index is -0.0918. The Bertz CT molecular complexity index is 956. The van der Waals surface area contributed by atoms with E-state index in [1.54, 1.807) is 25.6 Å². The number of carbonyl (C=O) groups is 1. The van der Waals surface area contributed by atoms with Crippen LogP contribution in [0.5, 0.6) is 5.75 Å². The molecule has 8 heteroatoms. The number of nitrogens with zero attached hydrogens (tertiary/aromatic N) is 5. The summed E-state index contributed by atoms with van der Waals surface area (Å²) in [6.45, 7) is 2.73. The topological polar surface area (TPSA) is 83.5 Å². The lowest BCUT2D eigenvalue weighted by Gasteiger charge is -2.35. The maximum Gasteiger partial charge on any atom is 0.272 e. The Kier molecular flexibility index (Phi) is 5.51. The molecule has 29 heavy (non-hydrogen) atoms. The first-order valence-electron chi connectivity index (χ1n) is 9.42. The molecule has 0 saturated carbocycles. The van der Waals surface area contributed by atoms with Gasteiger partial charge in [-0.25, -0.2) is 15.0 Å². The molecule has 0 bridgehead atoms. The Morgan fingerprint density at radius 1 is 0.966 bits per heavy atom. The summed E-state index contributed by atoms with van der Waals surface area (Å²) >= 11 is 0. The number of rotatable bonds is 5. The Morgan fingerprint density at radius 3 is 2.45 bits per heavy atom. The van der Waals surface area contributed by atoms with Gasteiger partial charge in [-0.15, -0.1) is 0 Å². The molecule has 8 nitrogen and oxygen atoms in total. The number of carbonyl (C=O) groups excluding carboxylic acids is 1. The lowest BCUT2D eigenvalue weighted by Crippen LogP contribution is -2.49. The molecule has 1 aliphatic rings. The van der Waals surface area contributed by atoms with E-state index >= 15 is 0 Å². The molecule has 0 aliphatic carbocycles. The minimum absolute atomic E-state index is 0.0918. The zero-order chi connectivity index (χ0) is 20.1. The summed E-state index contributed by atoms with van der Waals surface area (Å²) in [7, 11) is 1.62. The third kappa shape index (κ3) is 4.43. The van der Waals surface area contributed by atoms with Crippen molar-refractivity contribution in [1.82, 2.24) is 19.9 Å². The van der Waals surface area contributed by atoms with Crippen molar-refractivity contribution in [3.8, 4) is 5.75 Å². The standard InChI is InChI=1S/C21H22N6O2/c1-29-17-7-5-16(6-8-17)24-21-23-11-9-18(25-21)20(28)27-14-12-26(13-15-27)19-4-2-3-10-22-19/h2-11H,12-15H2,1H3,(H,23,24,25). The summed E-state index contributed by atoms with van der Waals surface area (Å²) in [5.41, 5.74) is 1.20. The first-order valence-corrected chi connectivity index (χ1v) is 9.42. The molecule has 3 heterocycles. The predicted molar refractivity (Wildman–Crippen MR) is 111 cm³/mol. The average molecular weight is 390 g/mol. The SMILES string of the molecule is COc1ccc(Nc2nccc(C(=O)N3CCN(c4ccccn4)CC3)n2)cc1. The first-order chi connectivity index (χ1) is 14.2. The highest BCUT2D eigenvalue weighted by molar-refractivity contribution is 5.92. The molecule has 0 spiro atoms. The van der Waals surface area contributed by atoms with Crippen molar-refractivity contribution >= 4 is 23.4 Å². The van der Waals surface area contributed by atoms with Gasteiger partial charge in [-0.1, -0.05) is 6.07 Å². The molecule has 1 amide bonds. The molecule has 1 fully saturated rings. The van der Waals surface area contributed by atoms with E-state index in [1.165, 1.54) is 0 Å². The minimum Gasteiger partial charge on any atom is -0.497 e. The van der Waals surface area contributed by atoms with E-state index in [2.05, 4.69) is 25.2 Å². The lowest BCUT2D eigenvalue weighted by molar-refractivity contribution is 0.0740. The van der Waals surface area contributed by atoms with Crippen LogP contribution in [0.3, 0.4) is 0 Å². The number of anilines is 3. The quantitative estimate of drug-likeness (QED) is 0.717. The van der Waals surface area contributed by atoms with Crippen LogP contribution in [0.2, 0.25) is 0 Å². The second kappa shape index (κ2) is 8.55. The first kappa shape index (κ1) is 18.7. The van der Waals surface area contributed by atoms with E-state index in [9.17, 15) is 4.79 Å². The number of pyridine rings is 1. The van der Waals surface area contributed by atoms with Crippen LogP contribution < -0.4 is 15.0 Å². The van der Waals surface area contributed by atoms with Gasteiger partial charge in [0.05, 0.1) is 7.11 Å². The molecule has 0 unspecified atom stereocenters. The number of hydrogen-bond acceptors (Lipinski definition) is 7. The number of aromatic nitrogens is 3. The van der Waals surface area contributed by atoms with Crippen molar-refractivity contribution in [2.45, 2.75) is 0 Å². The van der Waals surface area contributed by atoms with Gasteiger partial charge < -0.3 is 19.9 Å². The molecule has 0 radical (unpaired) electrons. The highest BCUT2D eigenvalue weighted by atomic mass is 16.5. The monoisotopic (exact) mass is 390 g/mol. The number of nitrogens with one attached hydrogen (secondary N) is 1. The molecule has 0 atom stereocenters. The number of methoxy groups -OCH3 is 1. The zero-order valence-electron chi connectivity index (χ0n) is 16.2. The van der Waals surface area contributed by atoms with Gasteiger partial charge in [0, 0.05) is 44.3 Å². The fraction of sp³-hybridized carbons (Fsp3) is 0.238. The third-order valence-corrected chi connectivity index (χ3v) is 4.76. The van der Waals surface area contributed by atoms with E-state index in [-0.39, 0.29) is 5.91 Å². The highest BCUT2D eigenvalue weighted by Gasteiger charge is 2.23. The molecule has 2 aromatic heterocycles. The summed E-state index contributed by atoms with van der Waals surface area (Å²) in [4.78, 5) is 29.9. The normalized spacial score (nSPS) is 13.8. The van der Waals surface area contributed by atoms with E-state index in [1.807, 2.05) is 47.4 Å². The molecule has 1 aliphatic heterocycles. The maximum absolute atomic E-state index is 12.9. The lowest BCUT2D eigenvalue weighted by atomic mass is 10.2. The Hall–Kier alpha value is -3.68. The Morgan fingerprint density at radius 2 is 1.76 bits per heavy atom. The van der Waals surface area contributed by atoms with Crippen LogP contribution in [0.25, 0.3) is 0 Å². The van der Waals surface area contributed by atoms with E-state index in [4.69, 9.17) is 4.74 Å². The summed E-state index contributed by atoms with van der Waals surface area (Å²) in [6.07, 6.45) is 3.38. The van der Waals surface area contributed by atoms with Crippen molar-refractivity contribution < 1.29 is 9.53 Å². The van der Waals surface area contributed by atoms with Gasteiger partial charge >= 0.3 is 0 Å². The summed E-state index contributed by atoms with van der Waals surface area (Å²) < 4.78 is 5.16. The van der Waals surface area contributed by atoms with Crippen molar-refractivity contribution in [3.05, 3.63) is 66.6 Å². The van der Waals surface area contributed by atoms with Gasteiger partial charge in [0.2, 0.25) is 5.95 Å². The molecule has 1 saturated heterocycles. The van der Waals surface area contributed by atoms with Gasteiger partial charge in [0.1, 0.15) is 17.3 Å². The fourth-order valence-electron chi connectivity index (χ4n) is 3.18. The predicted octanol–water partition coefficient (Wildman–Crippen LogP) is 2.59. The zero-order valence-corrected chi connectivity index (χ0v) is 16.2. The van der Waals surface area contributed by atoms with Crippen LogP contribution >= 0.6 is 0 Å². The smallest absolute Gasteiger partial charge is 0.272 e. The molecule has 3 aromatic rings. The number of hydrogen-bond donors (Lipinski definition) is 1. The fourth-order valence-corrected chi connectivity index (χ4v) is 3.18. The largest absolute Gasteiger partial charge is 0.497 e.